The molecular formula is C29H31F2N3O5. The molecule has 206 valence electrons. The molecule has 3 N–H and O–H groups in total. The number of rotatable bonds is 7. The molecule has 0 aromatic heterocycles. The molecule has 2 fully saturated rings. The van der Waals surface area contributed by atoms with Gasteiger partial charge in [0.1, 0.15) is 23.4 Å². The van der Waals surface area contributed by atoms with Crippen LogP contribution in [0.5, 0.6) is 0 Å². The van der Waals surface area contributed by atoms with Gasteiger partial charge in [-0.25, -0.2) is 8.78 Å². The fourth-order valence-electron chi connectivity index (χ4n) is 5.42. The lowest BCUT2D eigenvalue weighted by Gasteiger charge is -2.60. The van der Waals surface area contributed by atoms with Crippen LogP contribution in [0.2, 0.25) is 0 Å². The van der Waals surface area contributed by atoms with E-state index in [2.05, 4.69) is 5.32 Å². The Balaban J connectivity index is 1.38. The summed E-state index contributed by atoms with van der Waals surface area (Å²) in [6.07, 6.45) is 0.631. The Morgan fingerprint density at radius 1 is 1.18 bits per heavy atom. The summed E-state index contributed by atoms with van der Waals surface area (Å²) in [6, 6.07) is 12.6. The zero-order chi connectivity index (χ0) is 27.9. The van der Waals surface area contributed by atoms with Gasteiger partial charge in [-0.3, -0.25) is 9.59 Å². The van der Waals surface area contributed by atoms with Gasteiger partial charge in [0.05, 0.1) is 23.8 Å². The second-order valence-corrected chi connectivity index (χ2v) is 10.6. The van der Waals surface area contributed by atoms with Crippen molar-refractivity contribution in [3.05, 3.63) is 94.5 Å². The van der Waals surface area contributed by atoms with Gasteiger partial charge in [0.2, 0.25) is 0 Å². The lowest BCUT2D eigenvalue weighted by atomic mass is 9.70. The molecule has 2 aliphatic heterocycles. The van der Waals surface area contributed by atoms with Gasteiger partial charge >= 0.3 is 0 Å². The van der Waals surface area contributed by atoms with E-state index in [1.54, 1.807) is 9.80 Å². The predicted molar refractivity (Wildman–Crippen MR) is 138 cm³/mol. The zero-order valence-electron chi connectivity index (χ0n) is 21.7. The number of carbonyl (C=O) groups excluding carboxylic acids is 2. The van der Waals surface area contributed by atoms with Crippen LogP contribution in [0.1, 0.15) is 37.8 Å². The SMILES string of the molecule is CC(C)N1C[C@]2(C[C@H](OCc3ccccc3)C2)N2C=C(C(=O)NCc3ccc(F)cc3F)C(O)C(O)=C2C1=O. The molecule has 1 saturated heterocycles. The van der Waals surface area contributed by atoms with Crippen molar-refractivity contribution in [2.24, 2.45) is 0 Å². The number of ether oxygens (including phenoxy) is 1. The Hall–Kier alpha value is -3.76. The van der Waals surface area contributed by atoms with Gasteiger partial charge in [-0.15, -0.1) is 0 Å². The predicted octanol–water partition coefficient (Wildman–Crippen LogP) is 3.28. The molecule has 2 aromatic rings. The number of benzene rings is 2. The summed E-state index contributed by atoms with van der Waals surface area (Å²) in [5, 5.41) is 24.3. The van der Waals surface area contributed by atoms with Crippen LogP contribution < -0.4 is 5.32 Å². The van der Waals surface area contributed by atoms with Crippen molar-refractivity contribution in [1.82, 2.24) is 15.1 Å². The molecular weight excluding hydrogens is 508 g/mol. The molecule has 5 rings (SSSR count). The van der Waals surface area contributed by atoms with E-state index in [-0.39, 0.29) is 35.5 Å². The minimum absolute atomic E-state index is 0.0608. The van der Waals surface area contributed by atoms with Crippen molar-refractivity contribution in [1.29, 1.82) is 0 Å². The maximum absolute atomic E-state index is 14.0. The van der Waals surface area contributed by atoms with E-state index in [0.29, 0.717) is 32.1 Å². The van der Waals surface area contributed by atoms with Crippen LogP contribution in [0.3, 0.4) is 0 Å². The van der Waals surface area contributed by atoms with Crippen LogP contribution in [0, 0.1) is 11.6 Å². The lowest BCUT2D eigenvalue weighted by molar-refractivity contribution is -0.154. The van der Waals surface area contributed by atoms with E-state index < -0.39 is 40.9 Å². The first kappa shape index (κ1) is 26.8. The van der Waals surface area contributed by atoms with Crippen molar-refractivity contribution in [2.45, 2.75) is 63.6 Å². The van der Waals surface area contributed by atoms with Gasteiger partial charge in [-0.1, -0.05) is 36.4 Å². The third kappa shape index (κ3) is 5.02. The molecule has 0 bridgehead atoms. The topological polar surface area (TPSA) is 102 Å². The number of piperazine rings is 1. The van der Waals surface area contributed by atoms with E-state index in [0.717, 1.165) is 11.6 Å². The molecule has 0 radical (unpaired) electrons. The number of carbonyl (C=O) groups is 2. The number of hydrogen-bond donors (Lipinski definition) is 3. The fourth-order valence-corrected chi connectivity index (χ4v) is 5.42. The van der Waals surface area contributed by atoms with E-state index in [1.165, 1.54) is 12.3 Å². The highest BCUT2D eigenvalue weighted by Gasteiger charge is 2.57. The van der Waals surface area contributed by atoms with Crippen LogP contribution in [0.25, 0.3) is 0 Å². The van der Waals surface area contributed by atoms with E-state index in [4.69, 9.17) is 4.74 Å². The van der Waals surface area contributed by atoms with Gasteiger partial charge in [-0.05, 0) is 38.3 Å². The number of fused-ring (bicyclic) bond motifs is 2. The highest BCUT2D eigenvalue weighted by molar-refractivity contribution is 5.99. The lowest BCUT2D eigenvalue weighted by Crippen LogP contribution is -2.70. The number of nitrogens with zero attached hydrogens (tertiary/aromatic N) is 2. The molecule has 10 heteroatoms. The van der Waals surface area contributed by atoms with E-state index in [9.17, 15) is 28.6 Å². The number of amides is 2. The first-order valence-electron chi connectivity index (χ1n) is 12.9. The molecule has 2 amide bonds. The summed E-state index contributed by atoms with van der Waals surface area (Å²) >= 11 is 0. The number of hydrogen-bond acceptors (Lipinski definition) is 6. The number of nitrogens with one attached hydrogen (secondary N) is 1. The Morgan fingerprint density at radius 2 is 1.90 bits per heavy atom. The van der Waals surface area contributed by atoms with Gasteiger partial charge in [-0.2, -0.15) is 0 Å². The first-order chi connectivity index (χ1) is 18.6. The van der Waals surface area contributed by atoms with Gasteiger partial charge in [0, 0.05) is 37.0 Å². The minimum Gasteiger partial charge on any atom is -0.507 e. The third-order valence-corrected chi connectivity index (χ3v) is 7.63. The second-order valence-electron chi connectivity index (χ2n) is 10.6. The van der Waals surface area contributed by atoms with Crippen LogP contribution in [-0.2, 0) is 27.5 Å². The Morgan fingerprint density at radius 3 is 2.56 bits per heavy atom. The van der Waals surface area contributed by atoms with E-state index in [1.807, 2.05) is 44.2 Å². The minimum atomic E-state index is -1.74. The second kappa shape index (κ2) is 10.4. The van der Waals surface area contributed by atoms with E-state index >= 15 is 0 Å². The molecule has 8 nitrogen and oxygen atoms in total. The van der Waals surface area contributed by atoms with Crippen molar-refractivity contribution in [3.63, 3.8) is 0 Å². The van der Waals surface area contributed by atoms with Crippen molar-refractivity contribution in [2.75, 3.05) is 6.54 Å². The Labute approximate surface area is 225 Å². The standard InChI is InChI=1S/C29H31F2N3O5/c1-17(2)33-16-29(11-21(12-29)39-15-18-6-4-3-5-7-18)34-14-22(25(35)26(36)24(34)28(33)38)27(37)32-13-19-8-9-20(30)10-23(19)31/h3-10,14,17,21,25,35-36H,11-13,15-16H2,1-2H3,(H,32,37)/t21-,25?,29+. The molecule has 1 atom stereocenters. The quantitative estimate of drug-likeness (QED) is 0.499. The highest BCUT2D eigenvalue weighted by Crippen LogP contribution is 2.48. The molecule has 1 aliphatic carbocycles. The van der Waals surface area contributed by atoms with Crippen LogP contribution in [0.4, 0.5) is 8.78 Å². The van der Waals surface area contributed by atoms with Crippen molar-refractivity contribution in [3.8, 4) is 0 Å². The van der Waals surface area contributed by atoms with Crippen LogP contribution in [0.15, 0.2) is 71.8 Å². The number of halogens is 2. The third-order valence-electron chi connectivity index (χ3n) is 7.63. The van der Waals surface area contributed by atoms with Gasteiger partial charge < -0.3 is 30.1 Å². The zero-order valence-corrected chi connectivity index (χ0v) is 21.7. The summed E-state index contributed by atoms with van der Waals surface area (Å²) in [5.41, 5.74) is 0.211. The monoisotopic (exact) mass is 539 g/mol. The van der Waals surface area contributed by atoms with Gasteiger partial charge in [0.25, 0.3) is 11.8 Å². The normalized spacial score (nSPS) is 24.6. The summed E-state index contributed by atoms with van der Waals surface area (Å²) in [4.78, 5) is 29.7. The maximum Gasteiger partial charge on any atom is 0.274 e. The fraction of sp³-hybridized carbons (Fsp3) is 0.379. The molecule has 2 heterocycles. The Kier molecular flexibility index (Phi) is 7.17. The molecule has 1 spiro atoms. The summed E-state index contributed by atoms with van der Waals surface area (Å²) in [7, 11) is 0. The molecule has 1 saturated carbocycles. The Bertz CT molecular complexity index is 1340. The maximum atomic E-state index is 14.0. The van der Waals surface area contributed by atoms with Crippen LogP contribution in [-0.4, -0.2) is 62.2 Å². The first-order valence-corrected chi connectivity index (χ1v) is 12.9. The average molecular weight is 540 g/mol. The van der Waals surface area contributed by atoms with Crippen molar-refractivity contribution >= 4 is 11.8 Å². The smallest absolute Gasteiger partial charge is 0.274 e. The highest BCUT2D eigenvalue weighted by atomic mass is 19.1. The largest absolute Gasteiger partial charge is 0.507 e. The summed E-state index contributed by atoms with van der Waals surface area (Å²) in [5.74, 6) is -3.35. The summed E-state index contributed by atoms with van der Waals surface area (Å²) < 4.78 is 33.4. The molecule has 1 unspecified atom stereocenters. The number of aliphatic hydroxyl groups excluding tert-OH is 2. The number of aliphatic hydroxyl groups is 2. The molecule has 2 aromatic carbocycles. The van der Waals surface area contributed by atoms with Gasteiger partial charge in [0.15, 0.2) is 5.76 Å². The summed E-state index contributed by atoms with van der Waals surface area (Å²) in [6.45, 7) is 4.29. The molecule has 39 heavy (non-hydrogen) atoms. The average Bonchev–Trinajstić information content (AvgIpc) is 2.88. The van der Waals surface area contributed by atoms with Crippen LogP contribution >= 0.6 is 0 Å². The molecule has 3 aliphatic rings. The van der Waals surface area contributed by atoms with Crippen molar-refractivity contribution < 1.29 is 33.3 Å².